The molecule has 4 rings (SSSR count). The molecule has 0 unspecified atom stereocenters. The summed E-state index contributed by atoms with van der Waals surface area (Å²) >= 11 is 0. The van der Waals surface area contributed by atoms with E-state index in [0.29, 0.717) is 30.2 Å². The van der Waals surface area contributed by atoms with E-state index in [1.807, 2.05) is 42.5 Å². The quantitative estimate of drug-likeness (QED) is 0.805. The Labute approximate surface area is 139 Å². The molecule has 2 heterocycles. The molecule has 3 aromatic rings. The van der Waals surface area contributed by atoms with Gasteiger partial charge in [-0.2, -0.15) is 0 Å². The van der Waals surface area contributed by atoms with Crippen LogP contribution in [0.1, 0.15) is 10.6 Å². The number of nitrogens with zero attached hydrogens (tertiary/aromatic N) is 1. The van der Waals surface area contributed by atoms with Crippen LogP contribution in [-0.2, 0) is 0 Å². The molecule has 0 saturated carbocycles. The van der Waals surface area contributed by atoms with Gasteiger partial charge in [0.25, 0.3) is 5.91 Å². The minimum absolute atomic E-state index is 0.200. The molecular weight excluding hydrogens is 306 g/mol. The molecule has 1 saturated heterocycles. The smallest absolute Gasteiger partial charge is 0.290 e. The van der Waals surface area contributed by atoms with Gasteiger partial charge in [0.2, 0.25) is 5.76 Å². The Balaban J connectivity index is 1.89. The van der Waals surface area contributed by atoms with Crippen molar-refractivity contribution >= 4 is 16.9 Å². The SMILES string of the molecule is COc1ccc2c(-c3ccccc3)c(C(=O)N3CC(O)C3)oc2c1. The molecule has 0 radical (unpaired) electrons. The number of hydrogen-bond donors (Lipinski definition) is 1. The van der Waals surface area contributed by atoms with Crippen molar-refractivity contribution in [3.63, 3.8) is 0 Å². The number of rotatable bonds is 3. The van der Waals surface area contributed by atoms with Crippen molar-refractivity contribution in [3.05, 3.63) is 54.3 Å². The summed E-state index contributed by atoms with van der Waals surface area (Å²) in [6.45, 7) is 0.681. The first-order chi connectivity index (χ1) is 11.7. The predicted octanol–water partition coefficient (Wildman–Crippen LogP) is 2.93. The number of likely N-dealkylation sites (tertiary alicyclic amines) is 1. The van der Waals surface area contributed by atoms with Gasteiger partial charge >= 0.3 is 0 Å². The number of amides is 1. The first kappa shape index (κ1) is 14.8. The topological polar surface area (TPSA) is 62.9 Å². The molecule has 1 fully saturated rings. The van der Waals surface area contributed by atoms with E-state index in [0.717, 1.165) is 16.5 Å². The average molecular weight is 323 g/mol. The number of fused-ring (bicyclic) bond motifs is 1. The molecule has 2 aromatic carbocycles. The van der Waals surface area contributed by atoms with Crippen LogP contribution in [-0.4, -0.2) is 42.2 Å². The summed E-state index contributed by atoms with van der Waals surface area (Å²) < 4.78 is 11.1. The van der Waals surface area contributed by atoms with Crippen LogP contribution in [0.3, 0.4) is 0 Å². The van der Waals surface area contributed by atoms with Crippen molar-refractivity contribution in [2.75, 3.05) is 20.2 Å². The lowest BCUT2D eigenvalue weighted by Crippen LogP contribution is -2.53. The first-order valence-electron chi connectivity index (χ1n) is 7.80. The summed E-state index contributed by atoms with van der Waals surface area (Å²) in [7, 11) is 1.59. The van der Waals surface area contributed by atoms with E-state index in [1.54, 1.807) is 18.1 Å². The molecule has 5 heteroatoms. The predicted molar refractivity (Wildman–Crippen MR) is 90.1 cm³/mol. The van der Waals surface area contributed by atoms with Crippen LogP contribution in [0.5, 0.6) is 5.75 Å². The minimum Gasteiger partial charge on any atom is -0.497 e. The second-order valence-corrected chi connectivity index (χ2v) is 5.90. The summed E-state index contributed by atoms with van der Waals surface area (Å²) in [5, 5.41) is 10.3. The Morgan fingerprint density at radius 1 is 1.21 bits per heavy atom. The van der Waals surface area contributed by atoms with Crippen LogP contribution in [0.4, 0.5) is 0 Å². The average Bonchev–Trinajstić information content (AvgIpc) is 2.97. The molecular formula is C19H17NO4. The first-order valence-corrected chi connectivity index (χ1v) is 7.80. The van der Waals surface area contributed by atoms with Gasteiger partial charge in [-0.15, -0.1) is 0 Å². The fourth-order valence-corrected chi connectivity index (χ4v) is 3.01. The number of methoxy groups -OCH3 is 1. The molecule has 24 heavy (non-hydrogen) atoms. The van der Waals surface area contributed by atoms with E-state index in [-0.39, 0.29) is 5.91 Å². The van der Waals surface area contributed by atoms with Crippen LogP contribution in [0.15, 0.2) is 52.9 Å². The molecule has 122 valence electrons. The number of β-amino-alcohol motifs (C(OH)–C–C–N with tert-alkyl or cyclic N) is 1. The Morgan fingerprint density at radius 3 is 2.62 bits per heavy atom. The van der Waals surface area contributed by atoms with Gasteiger partial charge in [-0.25, -0.2) is 0 Å². The monoisotopic (exact) mass is 323 g/mol. The Morgan fingerprint density at radius 2 is 1.96 bits per heavy atom. The van der Waals surface area contributed by atoms with Crippen molar-refractivity contribution in [1.82, 2.24) is 4.90 Å². The third-order valence-corrected chi connectivity index (χ3v) is 4.30. The van der Waals surface area contributed by atoms with Crippen LogP contribution in [0.2, 0.25) is 0 Å². The Bertz CT molecular complexity index is 894. The number of aliphatic hydroxyl groups is 1. The van der Waals surface area contributed by atoms with Gasteiger partial charge in [0, 0.05) is 30.1 Å². The highest BCUT2D eigenvalue weighted by Gasteiger charge is 2.33. The maximum Gasteiger partial charge on any atom is 0.290 e. The highest BCUT2D eigenvalue weighted by molar-refractivity contribution is 6.08. The van der Waals surface area contributed by atoms with Crippen LogP contribution < -0.4 is 4.74 Å². The number of carbonyl (C=O) groups excluding carboxylic acids is 1. The zero-order chi connectivity index (χ0) is 16.7. The lowest BCUT2D eigenvalue weighted by molar-refractivity contribution is 0.00413. The Kier molecular flexibility index (Phi) is 3.50. The van der Waals surface area contributed by atoms with Crippen molar-refractivity contribution in [3.8, 4) is 16.9 Å². The molecule has 5 nitrogen and oxygen atoms in total. The molecule has 1 aliphatic rings. The zero-order valence-electron chi connectivity index (χ0n) is 13.2. The van der Waals surface area contributed by atoms with Gasteiger partial charge in [0.1, 0.15) is 11.3 Å². The number of aliphatic hydroxyl groups excluding tert-OH is 1. The van der Waals surface area contributed by atoms with Crippen molar-refractivity contribution in [1.29, 1.82) is 0 Å². The van der Waals surface area contributed by atoms with E-state index in [2.05, 4.69) is 0 Å². The van der Waals surface area contributed by atoms with E-state index >= 15 is 0 Å². The lowest BCUT2D eigenvalue weighted by Gasteiger charge is -2.35. The van der Waals surface area contributed by atoms with Crippen LogP contribution in [0.25, 0.3) is 22.1 Å². The van der Waals surface area contributed by atoms with Gasteiger partial charge in [-0.1, -0.05) is 30.3 Å². The molecule has 1 N–H and O–H groups in total. The lowest BCUT2D eigenvalue weighted by atomic mass is 10.0. The molecule has 0 spiro atoms. The number of furan rings is 1. The zero-order valence-corrected chi connectivity index (χ0v) is 13.2. The van der Waals surface area contributed by atoms with Gasteiger partial charge in [-0.05, 0) is 17.7 Å². The molecule has 1 aromatic heterocycles. The molecule has 0 atom stereocenters. The van der Waals surface area contributed by atoms with Gasteiger partial charge in [-0.3, -0.25) is 4.79 Å². The maximum atomic E-state index is 12.8. The number of ether oxygens (including phenoxy) is 1. The largest absolute Gasteiger partial charge is 0.497 e. The second kappa shape index (κ2) is 5.69. The van der Waals surface area contributed by atoms with E-state index in [4.69, 9.17) is 9.15 Å². The summed E-state index contributed by atoms with van der Waals surface area (Å²) in [4.78, 5) is 14.4. The number of benzene rings is 2. The number of hydrogen-bond acceptors (Lipinski definition) is 4. The highest BCUT2D eigenvalue weighted by atomic mass is 16.5. The molecule has 0 aliphatic carbocycles. The van der Waals surface area contributed by atoms with Crippen LogP contribution >= 0.6 is 0 Å². The molecule has 1 aliphatic heterocycles. The summed E-state index contributed by atoms with van der Waals surface area (Å²) in [6, 6.07) is 15.2. The Hall–Kier alpha value is -2.79. The van der Waals surface area contributed by atoms with E-state index < -0.39 is 6.10 Å². The number of carbonyl (C=O) groups is 1. The van der Waals surface area contributed by atoms with Gasteiger partial charge < -0.3 is 19.2 Å². The molecule has 1 amide bonds. The standard InChI is InChI=1S/C19H17NO4/c1-23-14-7-8-15-16(9-14)24-18(19(22)20-10-13(21)11-20)17(15)12-5-3-2-4-6-12/h2-9,13,21H,10-11H2,1H3. The summed E-state index contributed by atoms with van der Waals surface area (Å²) in [6.07, 6.45) is -0.446. The molecule has 0 bridgehead atoms. The minimum atomic E-state index is -0.446. The third-order valence-electron chi connectivity index (χ3n) is 4.30. The fourth-order valence-electron chi connectivity index (χ4n) is 3.01. The normalized spacial score (nSPS) is 14.7. The third kappa shape index (κ3) is 2.34. The highest BCUT2D eigenvalue weighted by Crippen LogP contribution is 2.37. The van der Waals surface area contributed by atoms with Crippen LogP contribution in [0, 0.1) is 0 Å². The van der Waals surface area contributed by atoms with Crippen molar-refractivity contribution < 1.29 is 19.1 Å². The van der Waals surface area contributed by atoms with E-state index in [9.17, 15) is 9.90 Å². The fraction of sp³-hybridized carbons (Fsp3) is 0.211. The summed E-state index contributed by atoms with van der Waals surface area (Å²) in [5.74, 6) is 0.778. The maximum absolute atomic E-state index is 12.8. The van der Waals surface area contributed by atoms with Gasteiger partial charge in [0.15, 0.2) is 0 Å². The second-order valence-electron chi connectivity index (χ2n) is 5.90. The van der Waals surface area contributed by atoms with Crippen molar-refractivity contribution in [2.45, 2.75) is 6.10 Å². The summed E-state index contributed by atoms with van der Waals surface area (Å²) in [5.41, 5.74) is 2.31. The van der Waals surface area contributed by atoms with E-state index in [1.165, 1.54) is 0 Å². The van der Waals surface area contributed by atoms with Crippen molar-refractivity contribution in [2.24, 2.45) is 0 Å². The van der Waals surface area contributed by atoms with Gasteiger partial charge in [0.05, 0.1) is 13.2 Å².